The molecule has 0 radical (unpaired) electrons. The molecule has 26 heavy (non-hydrogen) atoms. The minimum Gasteiger partial charge on any atom is -0.329 e. The molecule has 0 N–H and O–H groups in total. The number of benzene rings is 1. The van der Waals surface area contributed by atoms with Crippen LogP contribution in [-0.2, 0) is 16.3 Å². The zero-order valence-corrected chi connectivity index (χ0v) is 17.3. The van der Waals surface area contributed by atoms with Crippen molar-refractivity contribution in [3.05, 3.63) is 41.2 Å². The first-order chi connectivity index (χ1) is 12.0. The molecular weight excluding hydrogens is 430 g/mol. The first-order valence-corrected chi connectivity index (χ1v) is 13.4. The zero-order valence-electron chi connectivity index (χ0n) is 14.0. The molecule has 1 saturated heterocycles. The van der Waals surface area contributed by atoms with Crippen LogP contribution in [0.2, 0.25) is 0 Å². The Bertz CT molecular complexity index is 804. The summed E-state index contributed by atoms with van der Waals surface area (Å²) in [6.45, 7) is 7.88. The summed E-state index contributed by atoms with van der Waals surface area (Å²) in [5.41, 5.74) is 1.04. The summed E-state index contributed by atoms with van der Waals surface area (Å²) >= 11 is 7.27. The summed E-state index contributed by atoms with van der Waals surface area (Å²) in [6, 6.07) is 0. The van der Waals surface area contributed by atoms with E-state index in [0.29, 0.717) is 17.8 Å². The molecule has 10 heteroatoms. The first-order valence-electron chi connectivity index (χ1n) is 7.83. The van der Waals surface area contributed by atoms with Gasteiger partial charge in [0.15, 0.2) is 27.9 Å². The highest BCUT2D eigenvalue weighted by atomic mass is 33.2. The van der Waals surface area contributed by atoms with E-state index >= 15 is 0 Å². The van der Waals surface area contributed by atoms with Crippen molar-refractivity contribution in [2.24, 2.45) is 5.92 Å². The topological polar surface area (TPSA) is 9.23 Å². The molecule has 1 heterocycles. The number of allylic oxidation sites excluding steroid dienone is 1. The van der Waals surface area contributed by atoms with E-state index in [-0.39, 0.29) is 16.8 Å². The fourth-order valence-corrected chi connectivity index (χ4v) is 14.9. The number of fused-ring (bicyclic) bond motifs is 1. The van der Waals surface area contributed by atoms with Crippen LogP contribution in [0.25, 0.3) is 0 Å². The van der Waals surface area contributed by atoms with E-state index < -0.39 is 38.7 Å². The Morgan fingerprint density at radius 1 is 1.19 bits per heavy atom. The summed E-state index contributed by atoms with van der Waals surface area (Å²) in [7, 11) is 0. The van der Waals surface area contributed by atoms with Gasteiger partial charge in [0, 0.05) is 4.75 Å². The molecule has 2 fully saturated rings. The fraction of sp³-hybridized carbons (Fsp3) is 0.500. The third-order valence-electron chi connectivity index (χ3n) is 4.82. The van der Waals surface area contributed by atoms with Crippen LogP contribution in [0.5, 0.6) is 0 Å². The molecule has 0 spiro atoms. The van der Waals surface area contributed by atoms with Crippen LogP contribution in [0.4, 0.5) is 22.0 Å². The smallest absolute Gasteiger partial charge is 0.200 e. The molecule has 1 nitrogen and oxygen atoms in total. The van der Waals surface area contributed by atoms with Crippen molar-refractivity contribution >= 4 is 39.2 Å². The van der Waals surface area contributed by atoms with Crippen molar-refractivity contribution < 1.29 is 26.5 Å². The highest BCUT2D eigenvalue weighted by Gasteiger charge is 2.53. The molecule has 1 aromatic carbocycles. The number of halogens is 5. The van der Waals surface area contributed by atoms with Crippen LogP contribution in [0.1, 0.15) is 33.1 Å². The maximum Gasteiger partial charge on any atom is 0.200 e. The lowest BCUT2D eigenvalue weighted by atomic mass is 9.77. The van der Waals surface area contributed by atoms with Gasteiger partial charge in [-0.05, 0) is 62.2 Å². The van der Waals surface area contributed by atoms with Gasteiger partial charge in [0.2, 0.25) is 5.82 Å². The molecule has 0 amide bonds. The number of hydrogen-bond acceptors (Lipinski definition) is 4. The van der Waals surface area contributed by atoms with Gasteiger partial charge in [0.25, 0.3) is 0 Å². The van der Waals surface area contributed by atoms with Crippen molar-refractivity contribution in [3.63, 3.8) is 0 Å². The van der Waals surface area contributed by atoms with Gasteiger partial charge in [0.1, 0.15) is 0 Å². The summed E-state index contributed by atoms with van der Waals surface area (Å²) < 4.78 is 70.9. The van der Waals surface area contributed by atoms with Crippen LogP contribution in [-0.4, -0.2) is 10.9 Å². The Kier molecular flexibility index (Phi) is 5.61. The molecule has 0 aromatic heterocycles. The van der Waals surface area contributed by atoms with Gasteiger partial charge in [-0.25, -0.2) is 22.0 Å². The second kappa shape index (κ2) is 7.07. The maximum atomic E-state index is 14.0. The van der Waals surface area contributed by atoms with Crippen LogP contribution in [0.3, 0.4) is 0 Å². The molecule has 1 aliphatic heterocycles. The zero-order chi connectivity index (χ0) is 19.4. The van der Waals surface area contributed by atoms with Crippen LogP contribution >= 0.6 is 27.4 Å². The van der Waals surface area contributed by atoms with E-state index in [4.69, 9.17) is 16.3 Å². The van der Waals surface area contributed by atoms with Crippen LogP contribution in [0, 0.1) is 35.0 Å². The lowest BCUT2D eigenvalue weighted by molar-refractivity contribution is 0.129. The van der Waals surface area contributed by atoms with Crippen molar-refractivity contribution in [1.29, 1.82) is 0 Å². The van der Waals surface area contributed by atoms with Crippen molar-refractivity contribution in [3.8, 4) is 0 Å². The Labute approximate surface area is 161 Å². The van der Waals surface area contributed by atoms with Crippen molar-refractivity contribution in [1.82, 2.24) is 0 Å². The van der Waals surface area contributed by atoms with Crippen LogP contribution < -0.4 is 0 Å². The quantitative estimate of drug-likeness (QED) is 0.163. The maximum absolute atomic E-state index is 14.0. The molecule has 3 rings (SSSR count). The molecule has 0 unspecified atom stereocenters. The van der Waals surface area contributed by atoms with Gasteiger partial charge in [-0.3, -0.25) is 0 Å². The second-order valence-electron chi connectivity index (χ2n) is 6.75. The summed E-state index contributed by atoms with van der Waals surface area (Å²) in [5.74, 6) is -9.56. The van der Waals surface area contributed by atoms with E-state index in [1.807, 2.05) is 13.8 Å². The molecule has 2 aliphatic rings. The summed E-state index contributed by atoms with van der Waals surface area (Å²) in [5, 5.41) is 0. The predicted molar refractivity (Wildman–Crippen MR) is 99.4 cm³/mol. The molecular formula is C16H16F5OPS3. The average Bonchev–Trinajstić information content (AvgIpc) is 2.84. The van der Waals surface area contributed by atoms with Gasteiger partial charge in [-0.15, -0.1) is 0 Å². The minimum atomic E-state index is -2.93. The Morgan fingerprint density at radius 2 is 1.73 bits per heavy atom. The number of rotatable bonds is 3. The first kappa shape index (κ1) is 20.6. The highest BCUT2D eigenvalue weighted by Crippen LogP contribution is 2.82. The van der Waals surface area contributed by atoms with E-state index in [0.717, 1.165) is 18.4 Å². The molecule has 144 valence electrons. The predicted octanol–water partition coefficient (Wildman–Crippen LogP) is 6.97. The normalized spacial score (nSPS) is 34.0. The molecule has 1 saturated carbocycles. The third-order valence-corrected chi connectivity index (χ3v) is 13.8. The standard InChI is InChI=1S/C16H16F5OPS3/c1-7(2)8-4-5-16(3)9(6-8)22-23(24,26-16)25-15-13(20)11(18)10(17)12(19)14(15)21/h8-9H,1,4-6H2,2-3H3/t8-,9+,16+,23-/m0/s1. The number of hydrogen-bond donors (Lipinski definition) is 0. The fourth-order valence-electron chi connectivity index (χ4n) is 3.20. The third kappa shape index (κ3) is 3.50. The largest absolute Gasteiger partial charge is 0.329 e. The Morgan fingerprint density at radius 3 is 2.27 bits per heavy atom. The summed E-state index contributed by atoms with van der Waals surface area (Å²) in [4.78, 5) is -0.962. The van der Waals surface area contributed by atoms with Crippen molar-refractivity contribution in [2.45, 2.75) is 48.9 Å². The monoisotopic (exact) mass is 446 g/mol. The SMILES string of the molecule is C=C(C)[C@H]1CC[C@@]2(C)S[P@@](=S)(Sc3c(F)c(F)c(F)c(F)c3F)O[C@@H]2C1. The van der Waals surface area contributed by atoms with E-state index in [1.54, 1.807) is 0 Å². The Hall–Kier alpha value is -0.0800. The van der Waals surface area contributed by atoms with Gasteiger partial charge >= 0.3 is 0 Å². The van der Waals surface area contributed by atoms with Gasteiger partial charge in [-0.2, -0.15) is 0 Å². The highest BCUT2D eigenvalue weighted by molar-refractivity contribution is 8.99. The molecule has 0 bridgehead atoms. The lowest BCUT2D eigenvalue weighted by Crippen LogP contribution is -2.39. The Balaban J connectivity index is 1.91. The van der Waals surface area contributed by atoms with E-state index in [1.165, 1.54) is 11.4 Å². The average molecular weight is 446 g/mol. The van der Waals surface area contributed by atoms with Gasteiger partial charge in [-0.1, -0.05) is 23.5 Å². The summed E-state index contributed by atoms with van der Waals surface area (Å²) in [6.07, 6.45) is 2.15. The molecule has 4 atom stereocenters. The van der Waals surface area contributed by atoms with E-state index in [9.17, 15) is 22.0 Å². The van der Waals surface area contributed by atoms with E-state index in [2.05, 4.69) is 6.58 Å². The van der Waals surface area contributed by atoms with Gasteiger partial charge in [0.05, 0.1) is 11.0 Å². The molecule has 1 aromatic rings. The van der Waals surface area contributed by atoms with Crippen molar-refractivity contribution in [2.75, 3.05) is 0 Å². The van der Waals surface area contributed by atoms with Crippen LogP contribution in [0.15, 0.2) is 17.0 Å². The lowest BCUT2D eigenvalue weighted by Gasteiger charge is -2.37. The van der Waals surface area contributed by atoms with Gasteiger partial charge < -0.3 is 4.52 Å². The second-order valence-corrected chi connectivity index (χ2v) is 17.4. The molecule has 1 aliphatic carbocycles. The minimum absolute atomic E-state index is 0.234.